The molecule has 2 aliphatic heterocycles. The normalized spacial score (nSPS) is 28.5. The van der Waals surface area contributed by atoms with Gasteiger partial charge in [-0.3, -0.25) is 19.3 Å². The third kappa shape index (κ3) is 4.01. The standard InChI is InChI=1S/C34H28N2O5S2/c1-2-41-33(39)20-12-14-21(15-13-20)36-31(37)26-22-16-23(27(26)32(36)38)28-25(22)24(29-30(42-28)35-34(40)43-29)19-10-8-18(9-11-19)17-6-4-3-5-7-17/h3-15,22-28H,2,16H2,1H3,(H,35,40)/t22-,23-,24+,25+,26+,27+,28-/m1/s1. The second-order valence-corrected chi connectivity index (χ2v) is 13.9. The maximum absolute atomic E-state index is 14.0. The van der Waals surface area contributed by atoms with Gasteiger partial charge in [0.25, 0.3) is 0 Å². The summed E-state index contributed by atoms with van der Waals surface area (Å²) in [6, 6.07) is 25.4. The number of esters is 1. The maximum atomic E-state index is 14.0. The number of thiazole rings is 1. The lowest BCUT2D eigenvalue weighted by atomic mass is 9.68. The molecule has 216 valence electrons. The summed E-state index contributed by atoms with van der Waals surface area (Å²) in [6.45, 7) is 2.02. The highest BCUT2D eigenvalue weighted by atomic mass is 32.2. The minimum absolute atomic E-state index is 0.0215. The number of hydrogen-bond donors (Lipinski definition) is 1. The van der Waals surface area contributed by atoms with Crippen molar-refractivity contribution in [3.8, 4) is 11.1 Å². The lowest BCUT2D eigenvalue weighted by Crippen LogP contribution is -2.42. The highest BCUT2D eigenvalue weighted by Gasteiger charge is 2.69. The van der Waals surface area contributed by atoms with Gasteiger partial charge in [-0.25, -0.2) is 4.79 Å². The van der Waals surface area contributed by atoms with Gasteiger partial charge in [-0.2, -0.15) is 0 Å². The second kappa shape index (κ2) is 10.1. The Kier molecular flexibility index (Phi) is 6.24. The molecule has 2 amide bonds. The van der Waals surface area contributed by atoms with Crippen LogP contribution in [0.15, 0.2) is 88.7 Å². The predicted octanol–water partition coefficient (Wildman–Crippen LogP) is 5.96. The lowest BCUT2D eigenvalue weighted by Gasteiger charge is -2.43. The SMILES string of the molecule is CCOC(=O)c1ccc(N2C(=O)[C@H]3[C@H]4C[C@@H]([C@@H]3C2=O)[C@H]2[C@H](c3ccc(-c5ccccc5)cc3)c3sc(=O)[nH]c3S[C@H]42)cc1. The minimum Gasteiger partial charge on any atom is -0.462 e. The number of carbonyl (C=O) groups is 3. The first-order valence-electron chi connectivity index (χ1n) is 14.6. The van der Waals surface area contributed by atoms with Crippen molar-refractivity contribution >= 4 is 46.6 Å². The second-order valence-electron chi connectivity index (χ2n) is 11.7. The van der Waals surface area contributed by atoms with E-state index < -0.39 is 5.97 Å². The van der Waals surface area contributed by atoms with Crippen molar-refractivity contribution in [3.05, 3.63) is 105 Å². The van der Waals surface area contributed by atoms with E-state index in [9.17, 15) is 19.2 Å². The van der Waals surface area contributed by atoms with E-state index in [1.54, 1.807) is 43.0 Å². The third-order valence-electron chi connectivity index (χ3n) is 9.74. The number of ether oxygens (including phenoxy) is 1. The van der Waals surface area contributed by atoms with E-state index in [4.69, 9.17) is 4.74 Å². The number of rotatable bonds is 5. The molecule has 8 rings (SSSR count). The molecule has 1 saturated heterocycles. The monoisotopic (exact) mass is 608 g/mol. The number of fused-ring (bicyclic) bond motifs is 9. The summed E-state index contributed by atoms with van der Waals surface area (Å²) in [5, 5.41) is 1.03. The summed E-state index contributed by atoms with van der Waals surface area (Å²) in [5.41, 5.74) is 4.28. The molecular weight excluding hydrogens is 581 g/mol. The number of carbonyl (C=O) groups excluding carboxylic acids is 3. The van der Waals surface area contributed by atoms with Gasteiger partial charge in [-0.15, -0.1) is 11.8 Å². The predicted molar refractivity (Wildman–Crippen MR) is 165 cm³/mol. The molecule has 2 saturated carbocycles. The molecule has 4 aromatic rings. The number of thioether (sulfide) groups is 1. The number of aromatic nitrogens is 1. The van der Waals surface area contributed by atoms with Crippen molar-refractivity contribution in [2.24, 2.45) is 29.6 Å². The molecule has 4 aliphatic rings. The molecule has 1 N–H and O–H groups in total. The summed E-state index contributed by atoms with van der Waals surface area (Å²) in [7, 11) is 0. The molecule has 9 heteroatoms. The Morgan fingerprint density at radius 3 is 2.26 bits per heavy atom. The highest BCUT2D eigenvalue weighted by Crippen LogP contribution is 2.68. The summed E-state index contributed by atoms with van der Waals surface area (Å²) in [5.74, 6) is -1.29. The molecule has 0 radical (unpaired) electrons. The van der Waals surface area contributed by atoms with Gasteiger partial charge in [-0.05, 0) is 72.1 Å². The quantitative estimate of drug-likeness (QED) is 0.222. The van der Waals surface area contributed by atoms with Crippen LogP contribution in [-0.2, 0) is 14.3 Å². The molecule has 0 spiro atoms. The number of H-pyrrole nitrogens is 1. The average molecular weight is 609 g/mol. The van der Waals surface area contributed by atoms with Crippen LogP contribution < -0.4 is 9.77 Å². The van der Waals surface area contributed by atoms with Crippen LogP contribution in [0.1, 0.15) is 40.1 Å². The van der Waals surface area contributed by atoms with E-state index >= 15 is 0 Å². The molecule has 3 heterocycles. The Morgan fingerprint density at radius 2 is 1.56 bits per heavy atom. The van der Waals surface area contributed by atoms with Crippen LogP contribution in [0.3, 0.4) is 0 Å². The number of hydrogen-bond acceptors (Lipinski definition) is 7. The van der Waals surface area contributed by atoms with Gasteiger partial charge >= 0.3 is 10.8 Å². The first-order chi connectivity index (χ1) is 20.9. The largest absolute Gasteiger partial charge is 0.462 e. The Hall–Kier alpha value is -3.95. The van der Waals surface area contributed by atoms with Crippen molar-refractivity contribution in [2.45, 2.75) is 29.5 Å². The molecular formula is C34H28N2O5S2. The smallest absolute Gasteiger partial charge is 0.338 e. The fourth-order valence-corrected chi connectivity index (χ4v) is 11.0. The number of aromatic amines is 1. The highest BCUT2D eigenvalue weighted by molar-refractivity contribution is 8.00. The molecule has 7 nitrogen and oxygen atoms in total. The van der Waals surface area contributed by atoms with E-state index in [0.29, 0.717) is 11.3 Å². The maximum Gasteiger partial charge on any atom is 0.338 e. The van der Waals surface area contributed by atoms with Gasteiger partial charge in [-0.1, -0.05) is 65.9 Å². The Morgan fingerprint density at radius 1 is 0.884 bits per heavy atom. The van der Waals surface area contributed by atoms with Gasteiger partial charge in [0.2, 0.25) is 11.8 Å². The van der Waals surface area contributed by atoms with Crippen molar-refractivity contribution in [2.75, 3.05) is 11.5 Å². The molecule has 3 fully saturated rings. The van der Waals surface area contributed by atoms with Gasteiger partial charge in [0.05, 0.1) is 34.7 Å². The Balaban J connectivity index is 1.14. The molecule has 2 bridgehead atoms. The number of imide groups is 1. The van der Waals surface area contributed by atoms with Crippen LogP contribution in [0.25, 0.3) is 11.1 Å². The fraction of sp³-hybridized carbons (Fsp3) is 0.294. The lowest BCUT2D eigenvalue weighted by molar-refractivity contribution is -0.123. The van der Waals surface area contributed by atoms with Gasteiger partial charge in [0, 0.05) is 16.0 Å². The molecule has 7 atom stereocenters. The van der Waals surface area contributed by atoms with E-state index in [-0.39, 0.29) is 64.1 Å². The van der Waals surface area contributed by atoms with E-state index in [1.165, 1.54) is 16.2 Å². The number of nitrogens with one attached hydrogen (secondary N) is 1. The van der Waals surface area contributed by atoms with Gasteiger partial charge in [0.1, 0.15) is 0 Å². The number of nitrogens with zero attached hydrogens (tertiary/aromatic N) is 1. The van der Waals surface area contributed by atoms with Crippen LogP contribution in [0.4, 0.5) is 5.69 Å². The minimum atomic E-state index is -0.433. The van der Waals surface area contributed by atoms with Gasteiger partial charge < -0.3 is 9.72 Å². The first kappa shape index (κ1) is 26.7. The summed E-state index contributed by atoms with van der Waals surface area (Å²) in [6.07, 6.45) is 0.836. The zero-order valence-corrected chi connectivity index (χ0v) is 24.9. The Bertz CT molecular complexity index is 1810. The van der Waals surface area contributed by atoms with Crippen molar-refractivity contribution in [1.29, 1.82) is 0 Å². The van der Waals surface area contributed by atoms with Crippen LogP contribution >= 0.6 is 23.1 Å². The van der Waals surface area contributed by atoms with Crippen LogP contribution in [0.2, 0.25) is 0 Å². The number of anilines is 1. The molecule has 1 aromatic heterocycles. The third-order valence-corrected chi connectivity index (χ3v) is 12.3. The topological polar surface area (TPSA) is 96.5 Å². The molecule has 2 aliphatic carbocycles. The zero-order valence-electron chi connectivity index (χ0n) is 23.3. The summed E-state index contributed by atoms with van der Waals surface area (Å²) < 4.78 is 5.08. The van der Waals surface area contributed by atoms with E-state index in [2.05, 4.69) is 41.4 Å². The summed E-state index contributed by atoms with van der Waals surface area (Å²) in [4.78, 5) is 58.0. The van der Waals surface area contributed by atoms with E-state index in [0.717, 1.165) is 33.0 Å². The molecule has 0 unspecified atom stereocenters. The van der Waals surface area contributed by atoms with Crippen molar-refractivity contribution in [3.63, 3.8) is 0 Å². The fourth-order valence-electron chi connectivity index (χ4n) is 8.12. The molecule has 43 heavy (non-hydrogen) atoms. The van der Waals surface area contributed by atoms with Gasteiger partial charge in [0.15, 0.2) is 0 Å². The zero-order chi connectivity index (χ0) is 29.4. The van der Waals surface area contributed by atoms with Crippen LogP contribution in [-0.4, -0.2) is 34.6 Å². The van der Waals surface area contributed by atoms with Crippen LogP contribution in [0.5, 0.6) is 0 Å². The number of benzene rings is 3. The number of amides is 2. The van der Waals surface area contributed by atoms with E-state index in [1.807, 2.05) is 18.2 Å². The van der Waals surface area contributed by atoms with Crippen molar-refractivity contribution < 1.29 is 19.1 Å². The first-order valence-corrected chi connectivity index (χ1v) is 16.3. The summed E-state index contributed by atoms with van der Waals surface area (Å²) >= 11 is 2.96. The van der Waals surface area contributed by atoms with Crippen molar-refractivity contribution in [1.82, 2.24) is 4.98 Å². The van der Waals surface area contributed by atoms with Crippen LogP contribution in [0, 0.1) is 29.6 Å². The molecule has 3 aromatic carbocycles. The Labute approximate surface area is 256 Å². The average Bonchev–Trinajstić information content (AvgIpc) is 3.76.